The molecule has 50 heavy (non-hydrogen) atoms. The third kappa shape index (κ3) is 11.2. The lowest BCUT2D eigenvalue weighted by Gasteiger charge is -2.34. The molecule has 4 aliphatic heterocycles. The highest BCUT2D eigenvalue weighted by atomic mass is 16.7. The van der Waals surface area contributed by atoms with Gasteiger partial charge in [0.1, 0.15) is 12.2 Å². The van der Waals surface area contributed by atoms with E-state index in [1.165, 1.54) is 0 Å². The summed E-state index contributed by atoms with van der Waals surface area (Å²) in [5.41, 5.74) is 6.76. The summed E-state index contributed by atoms with van der Waals surface area (Å²) in [5, 5.41) is 11.4. The minimum Gasteiger partial charge on any atom is -0.462 e. The number of epoxide rings is 1. The Morgan fingerprint density at radius 1 is 1.12 bits per heavy atom. The van der Waals surface area contributed by atoms with Crippen LogP contribution in [0.3, 0.4) is 0 Å². The van der Waals surface area contributed by atoms with E-state index in [4.69, 9.17) is 34.2 Å². The van der Waals surface area contributed by atoms with Gasteiger partial charge in [0.25, 0.3) is 0 Å². The molecule has 12 atom stereocenters. The normalized spacial score (nSPS) is 39.7. The summed E-state index contributed by atoms with van der Waals surface area (Å²) in [4.78, 5) is 37.3. The molecule has 0 spiro atoms. The number of fused-ring (bicyclic) bond motifs is 2. The summed E-state index contributed by atoms with van der Waals surface area (Å²) in [5.74, 6) is -0.538. The third-order valence-corrected chi connectivity index (χ3v) is 10.8. The second kappa shape index (κ2) is 18.3. The van der Waals surface area contributed by atoms with Crippen LogP contribution >= 0.6 is 0 Å². The molecule has 4 heterocycles. The summed E-state index contributed by atoms with van der Waals surface area (Å²) >= 11 is 0. The molecule has 0 aromatic carbocycles. The van der Waals surface area contributed by atoms with Gasteiger partial charge in [0, 0.05) is 25.2 Å². The lowest BCUT2D eigenvalue weighted by molar-refractivity contribution is -0.222. The standard InChI is InChI=1S/C39H61NO10/c1-8-33(42)39(7)37(50-39)25(4)17-19-32-27(6)31(41)15-11-14-28(46-35-22-30(48-38(40)44)20-26(5)45-35)13-10-9-12-23(2)36-24(3)16-18-29(47-36)21-34(43)49-32/h11-12,14,16,25-32,35-37,41H,8-10,13,15,17-22H2,1-7H3,(H2,40,44)/b14-11+,23-12+/t25?,26-,27-,28?,29?,30?,31?,32?,35?,36?,37?,39?/m1/s1. The van der Waals surface area contributed by atoms with E-state index in [2.05, 4.69) is 32.9 Å². The van der Waals surface area contributed by atoms with Crippen LogP contribution < -0.4 is 5.73 Å². The number of carbonyl (C=O) groups excluding carboxylic acids is 3. The van der Waals surface area contributed by atoms with Crippen LogP contribution in [-0.4, -0.2) is 83.7 Å². The summed E-state index contributed by atoms with van der Waals surface area (Å²) in [6.45, 7) is 13.7. The number of esters is 1. The van der Waals surface area contributed by atoms with Gasteiger partial charge in [0.2, 0.25) is 0 Å². The molecule has 11 heteroatoms. The van der Waals surface area contributed by atoms with Crippen LogP contribution in [-0.2, 0) is 38.0 Å². The number of ether oxygens (including phenoxy) is 6. The second-order valence-electron chi connectivity index (χ2n) is 15.1. The van der Waals surface area contributed by atoms with Crippen molar-refractivity contribution < 1.29 is 47.9 Å². The molecule has 11 nitrogen and oxygen atoms in total. The number of rotatable bonds is 9. The van der Waals surface area contributed by atoms with Crippen LogP contribution in [0.4, 0.5) is 4.79 Å². The van der Waals surface area contributed by atoms with E-state index in [-0.39, 0.29) is 66.6 Å². The summed E-state index contributed by atoms with van der Waals surface area (Å²) < 4.78 is 36.2. The minimum absolute atomic E-state index is 0.0763. The Balaban J connectivity index is 1.50. The molecule has 0 aliphatic carbocycles. The Morgan fingerprint density at radius 3 is 2.58 bits per heavy atom. The van der Waals surface area contributed by atoms with Gasteiger partial charge in [-0.1, -0.05) is 45.1 Å². The van der Waals surface area contributed by atoms with Crippen molar-refractivity contribution in [3.63, 3.8) is 0 Å². The van der Waals surface area contributed by atoms with Crippen LogP contribution in [0.15, 0.2) is 35.5 Å². The average Bonchev–Trinajstić information content (AvgIpc) is 3.76. The fourth-order valence-electron chi connectivity index (χ4n) is 7.64. The van der Waals surface area contributed by atoms with Gasteiger partial charge in [0.15, 0.2) is 17.7 Å². The first-order valence-corrected chi connectivity index (χ1v) is 18.7. The largest absolute Gasteiger partial charge is 0.462 e. The zero-order valence-electron chi connectivity index (χ0n) is 31.1. The monoisotopic (exact) mass is 703 g/mol. The molecule has 4 rings (SSSR count). The molecule has 2 bridgehead atoms. The van der Waals surface area contributed by atoms with Gasteiger partial charge >= 0.3 is 12.1 Å². The SMILES string of the molecule is CCC(=O)C1(C)OC1C(C)CCC1OC(=O)CC2CC=C(C)C(O2)/C(C)=C/CCCC(OC2CC(OC(N)=O)C[C@@H](C)O2)/C=C/CC(O)[C@H]1C. The Bertz CT molecular complexity index is 1260. The maximum Gasteiger partial charge on any atom is 0.404 e. The number of amides is 1. The number of primary amides is 1. The number of ketones is 1. The molecular formula is C39H61NO10. The fraction of sp³-hybridized carbons (Fsp3) is 0.769. The Kier molecular flexibility index (Phi) is 14.7. The van der Waals surface area contributed by atoms with E-state index in [1.54, 1.807) is 0 Å². The van der Waals surface area contributed by atoms with Crippen molar-refractivity contribution >= 4 is 17.8 Å². The number of cyclic esters (lactones) is 1. The first-order valence-electron chi connectivity index (χ1n) is 18.7. The number of hydrogen-bond acceptors (Lipinski definition) is 10. The number of aliphatic hydroxyl groups is 1. The van der Waals surface area contributed by atoms with Crippen molar-refractivity contribution in [2.24, 2.45) is 17.6 Å². The Labute approximate surface area is 298 Å². The molecule has 0 aromatic rings. The molecule has 2 fully saturated rings. The zero-order chi connectivity index (χ0) is 36.6. The lowest BCUT2D eigenvalue weighted by atomic mass is 9.86. The number of hydrogen-bond donors (Lipinski definition) is 2. The highest BCUT2D eigenvalue weighted by Crippen LogP contribution is 2.44. The van der Waals surface area contributed by atoms with Gasteiger partial charge < -0.3 is 39.3 Å². The van der Waals surface area contributed by atoms with E-state index in [0.29, 0.717) is 51.4 Å². The van der Waals surface area contributed by atoms with E-state index >= 15 is 0 Å². The summed E-state index contributed by atoms with van der Waals surface area (Å²) in [7, 11) is 0. The molecule has 0 radical (unpaired) electrons. The van der Waals surface area contributed by atoms with Crippen LogP contribution in [0, 0.1) is 11.8 Å². The van der Waals surface area contributed by atoms with Gasteiger partial charge in [-0.3, -0.25) is 9.59 Å². The van der Waals surface area contributed by atoms with E-state index < -0.39 is 30.2 Å². The number of Topliss-reactive ketones (excluding diaryl/α,β-unsaturated/α-hetero) is 1. The number of aliphatic hydroxyl groups excluding tert-OH is 1. The molecule has 282 valence electrons. The van der Waals surface area contributed by atoms with Crippen molar-refractivity contribution in [3.05, 3.63) is 35.5 Å². The second-order valence-corrected chi connectivity index (χ2v) is 15.1. The molecule has 3 N–H and O–H groups in total. The molecule has 4 aliphatic rings. The van der Waals surface area contributed by atoms with Crippen LogP contribution in [0.2, 0.25) is 0 Å². The van der Waals surface area contributed by atoms with Crippen molar-refractivity contribution in [2.75, 3.05) is 0 Å². The van der Waals surface area contributed by atoms with Gasteiger partial charge in [0.05, 0.1) is 43.0 Å². The number of allylic oxidation sites excluding steroid dienone is 1. The third-order valence-electron chi connectivity index (χ3n) is 10.8. The number of carbonyl (C=O) groups is 3. The molecule has 2 saturated heterocycles. The average molecular weight is 704 g/mol. The quantitative estimate of drug-likeness (QED) is 0.157. The molecular weight excluding hydrogens is 642 g/mol. The number of nitrogens with two attached hydrogens (primary N) is 1. The summed E-state index contributed by atoms with van der Waals surface area (Å²) in [6, 6.07) is 0. The van der Waals surface area contributed by atoms with Crippen molar-refractivity contribution in [2.45, 2.75) is 180 Å². The molecule has 1 amide bonds. The van der Waals surface area contributed by atoms with Gasteiger partial charge in [-0.05, 0) is 89.7 Å². The predicted molar refractivity (Wildman–Crippen MR) is 188 cm³/mol. The van der Waals surface area contributed by atoms with E-state index in [0.717, 1.165) is 24.0 Å². The lowest BCUT2D eigenvalue weighted by Crippen LogP contribution is -2.40. The predicted octanol–water partition coefficient (Wildman–Crippen LogP) is 6.39. The molecule has 0 saturated carbocycles. The van der Waals surface area contributed by atoms with Crippen molar-refractivity contribution in [3.8, 4) is 0 Å². The molecule has 0 aromatic heterocycles. The fourth-order valence-corrected chi connectivity index (χ4v) is 7.64. The summed E-state index contributed by atoms with van der Waals surface area (Å²) in [6.07, 6.45) is 9.98. The van der Waals surface area contributed by atoms with Crippen molar-refractivity contribution in [1.82, 2.24) is 0 Å². The minimum atomic E-state index is -0.813. The van der Waals surface area contributed by atoms with Crippen LogP contribution in [0.1, 0.15) is 119 Å². The zero-order valence-corrected chi connectivity index (χ0v) is 31.1. The van der Waals surface area contributed by atoms with Crippen molar-refractivity contribution in [1.29, 1.82) is 0 Å². The van der Waals surface area contributed by atoms with E-state index in [1.807, 2.05) is 39.8 Å². The van der Waals surface area contributed by atoms with Crippen LogP contribution in [0.25, 0.3) is 0 Å². The first-order chi connectivity index (χ1) is 23.7. The smallest absolute Gasteiger partial charge is 0.404 e. The maximum absolute atomic E-state index is 13.4. The highest BCUT2D eigenvalue weighted by molar-refractivity contribution is 5.89. The Hall–Kier alpha value is -2.57. The Morgan fingerprint density at radius 2 is 1.86 bits per heavy atom. The maximum atomic E-state index is 13.4. The molecule has 10 unspecified atom stereocenters. The topological polar surface area (TPSA) is 156 Å². The van der Waals surface area contributed by atoms with Gasteiger partial charge in [-0.25, -0.2) is 4.79 Å². The van der Waals surface area contributed by atoms with Crippen LogP contribution in [0.5, 0.6) is 0 Å². The highest BCUT2D eigenvalue weighted by Gasteiger charge is 2.59. The first kappa shape index (κ1) is 40.2. The van der Waals surface area contributed by atoms with E-state index in [9.17, 15) is 19.5 Å². The van der Waals surface area contributed by atoms with Gasteiger partial charge in [-0.15, -0.1) is 0 Å². The van der Waals surface area contributed by atoms with Gasteiger partial charge in [-0.2, -0.15) is 0 Å².